The molecule has 106 valence electrons. The van der Waals surface area contributed by atoms with E-state index < -0.39 is 37.1 Å². The molecule has 1 aromatic carbocycles. The maximum absolute atomic E-state index is 13.5. The van der Waals surface area contributed by atoms with Crippen molar-refractivity contribution in [2.75, 3.05) is 13.6 Å². The van der Waals surface area contributed by atoms with Crippen molar-refractivity contribution in [2.24, 2.45) is 0 Å². The van der Waals surface area contributed by atoms with Crippen LogP contribution >= 0.6 is 10.7 Å². The lowest BCUT2D eigenvalue weighted by molar-refractivity contribution is 0.0790. The second-order valence-corrected chi connectivity index (χ2v) is 6.46. The Morgan fingerprint density at radius 2 is 1.89 bits per heavy atom. The molecule has 1 rings (SSSR count). The fraction of sp³-hybridized carbons (Fsp3) is 0.364. The summed E-state index contributed by atoms with van der Waals surface area (Å²) >= 11 is 0. The van der Waals surface area contributed by atoms with Crippen LogP contribution in [-0.4, -0.2) is 32.8 Å². The fourth-order valence-electron chi connectivity index (χ4n) is 1.52. The van der Waals surface area contributed by atoms with Gasteiger partial charge in [-0.3, -0.25) is 4.79 Å². The summed E-state index contributed by atoms with van der Waals surface area (Å²) in [6, 6.07) is 0.948. The predicted octanol–water partition coefficient (Wildman–Crippen LogP) is 2.37. The van der Waals surface area contributed by atoms with Gasteiger partial charge in [0.1, 0.15) is 16.5 Å². The summed E-state index contributed by atoms with van der Waals surface area (Å²) in [5, 5.41) is 0. The average Bonchev–Trinajstić information content (AvgIpc) is 2.26. The standard InChI is InChI=1S/C11H12ClF2NO3S/c1-3-4-15(2)11(16)7-5-10(19(12,17)18)9(14)6-8(7)13/h5-6H,3-4H2,1-2H3. The van der Waals surface area contributed by atoms with Crippen LogP contribution in [0.3, 0.4) is 0 Å². The molecule has 0 radical (unpaired) electrons. The molecule has 0 fully saturated rings. The highest BCUT2D eigenvalue weighted by Gasteiger charge is 2.24. The van der Waals surface area contributed by atoms with Crippen molar-refractivity contribution in [1.82, 2.24) is 4.90 Å². The summed E-state index contributed by atoms with van der Waals surface area (Å²) in [6.07, 6.45) is 0.645. The van der Waals surface area contributed by atoms with Crippen LogP contribution in [0.5, 0.6) is 0 Å². The third-order valence-electron chi connectivity index (χ3n) is 2.42. The molecule has 0 saturated heterocycles. The molecule has 0 bridgehead atoms. The Labute approximate surface area is 114 Å². The van der Waals surface area contributed by atoms with Gasteiger partial charge in [0.05, 0.1) is 5.56 Å². The Morgan fingerprint density at radius 1 is 1.32 bits per heavy atom. The summed E-state index contributed by atoms with van der Waals surface area (Å²) < 4.78 is 49.1. The van der Waals surface area contributed by atoms with Gasteiger partial charge < -0.3 is 4.90 Å². The summed E-state index contributed by atoms with van der Waals surface area (Å²) in [7, 11) is 2.07. The van der Waals surface area contributed by atoms with Crippen LogP contribution in [0, 0.1) is 11.6 Å². The largest absolute Gasteiger partial charge is 0.342 e. The zero-order valence-electron chi connectivity index (χ0n) is 10.3. The average molecular weight is 312 g/mol. The van der Waals surface area contributed by atoms with Crippen molar-refractivity contribution in [2.45, 2.75) is 18.2 Å². The first-order valence-electron chi connectivity index (χ1n) is 5.37. The minimum absolute atomic E-state index is 0.336. The summed E-state index contributed by atoms with van der Waals surface area (Å²) in [5.41, 5.74) is -0.531. The summed E-state index contributed by atoms with van der Waals surface area (Å²) in [6.45, 7) is 2.18. The first kappa shape index (κ1) is 15.8. The van der Waals surface area contributed by atoms with Gasteiger partial charge in [0, 0.05) is 30.3 Å². The van der Waals surface area contributed by atoms with Gasteiger partial charge in [-0.2, -0.15) is 0 Å². The molecule has 0 atom stereocenters. The van der Waals surface area contributed by atoms with Crippen LogP contribution in [0.2, 0.25) is 0 Å². The van der Waals surface area contributed by atoms with Gasteiger partial charge in [-0.05, 0) is 12.5 Å². The topological polar surface area (TPSA) is 54.5 Å². The maximum Gasteiger partial charge on any atom is 0.264 e. The van der Waals surface area contributed by atoms with E-state index in [2.05, 4.69) is 0 Å². The highest BCUT2D eigenvalue weighted by atomic mass is 35.7. The lowest BCUT2D eigenvalue weighted by Crippen LogP contribution is -2.28. The van der Waals surface area contributed by atoms with Gasteiger partial charge in [0.15, 0.2) is 0 Å². The number of amides is 1. The minimum atomic E-state index is -4.38. The maximum atomic E-state index is 13.5. The molecule has 0 N–H and O–H groups in total. The van der Waals surface area contributed by atoms with E-state index in [-0.39, 0.29) is 0 Å². The van der Waals surface area contributed by atoms with Crippen LogP contribution in [0.25, 0.3) is 0 Å². The van der Waals surface area contributed by atoms with Crippen molar-refractivity contribution in [3.05, 3.63) is 29.3 Å². The number of carbonyl (C=O) groups is 1. The van der Waals surface area contributed by atoms with Gasteiger partial charge in [0.2, 0.25) is 0 Å². The second-order valence-electron chi connectivity index (χ2n) is 3.93. The molecule has 1 aromatic rings. The Bertz CT molecular complexity index is 604. The van der Waals surface area contributed by atoms with Crippen LogP contribution in [-0.2, 0) is 9.05 Å². The molecule has 0 aliphatic heterocycles. The molecular formula is C11H12ClF2NO3S. The van der Waals surface area contributed by atoms with Gasteiger partial charge >= 0.3 is 0 Å². The van der Waals surface area contributed by atoms with Crippen LogP contribution < -0.4 is 0 Å². The van der Waals surface area contributed by atoms with E-state index in [0.717, 1.165) is 0 Å². The second kappa shape index (κ2) is 5.83. The van der Waals surface area contributed by atoms with Crippen molar-refractivity contribution in [3.8, 4) is 0 Å². The van der Waals surface area contributed by atoms with E-state index in [0.29, 0.717) is 25.1 Å². The van der Waals surface area contributed by atoms with Crippen molar-refractivity contribution in [3.63, 3.8) is 0 Å². The molecule has 0 aliphatic carbocycles. The zero-order chi connectivity index (χ0) is 14.8. The third kappa shape index (κ3) is 3.63. The number of hydrogen-bond donors (Lipinski definition) is 0. The quantitative estimate of drug-likeness (QED) is 0.802. The highest BCUT2D eigenvalue weighted by molar-refractivity contribution is 8.13. The van der Waals surface area contributed by atoms with Crippen molar-refractivity contribution in [1.29, 1.82) is 0 Å². The van der Waals surface area contributed by atoms with Crippen LogP contribution in [0.1, 0.15) is 23.7 Å². The van der Waals surface area contributed by atoms with Gasteiger partial charge in [-0.15, -0.1) is 0 Å². The molecule has 0 unspecified atom stereocenters. The van der Waals surface area contributed by atoms with Gasteiger partial charge in [-0.25, -0.2) is 17.2 Å². The summed E-state index contributed by atoms with van der Waals surface area (Å²) in [5.74, 6) is -3.20. The zero-order valence-corrected chi connectivity index (χ0v) is 11.9. The molecule has 0 saturated carbocycles. The molecular weight excluding hydrogens is 300 g/mol. The van der Waals surface area contributed by atoms with Crippen LogP contribution in [0.15, 0.2) is 17.0 Å². The van der Waals surface area contributed by atoms with E-state index in [9.17, 15) is 22.0 Å². The monoisotopic (exact) mass is 311 g/mol. The summed E-state index contributed by atoms with van der Waals surface area (Å²) in [4.78, 5) is 12.2. The van der Waals surface area contributed by atoms with E-state index in [1.165, 1.54) is 11.9 Å². The molecule has 4 nitrogen and oxygen atoms in total. The highest BCUT2D eigenvalue weighted by Crippen LogP contribution is 2.23. The predicted molar refractivity (Wildman–Crippen MR) is 66.6 cm³/mol. The van der Waals surface area contributed by atoms with E-state index in [4.69, 9.17) is 10.7 Å². The van der Waals surface area contributed by atoms with E-state index in [1.54, 1.807) is 0 Å². The molecule has 0 spiro atoms. The van der Waals surface area contributed by atoms with Crippen molar-refractivity contribution >= 4 is 25.6 Å². The minimum Gasteiger partial charge on any atom is -0.342 e. The van der Waals surface area contributed by atoms with Gasteiger partial charge in [0.25, 0.3) is 15.0 Å². The third-order valence-corrected chi connectivity index (χ3v) is 3.76. The van der Waals surface area contributed by atoms with Gasteiger partial charge in [-0.1, -0.05) is 6.92 Å². The smallest absolute Gasteiger partial charge is 0.264 e. The number of hydrogen-bond acceptors (Lipinski definition) is 3. The van der Waals surface area contributed by atoms with Crippen molar-refractivity contribution < 1.29 is 22.0 Å². The Kier molecular flexibility index (Phi) is 4.86. The Balaban J connectivity index is 3.34. The molecule has 0 aliphatic rings. The first-order valence-corrected chi connectivity index (χ1v) is 7.68. The number of nitrogens with zero attached hydrogens (tertiary/aromatic N) is 1. The van der Waals surface area contributed by atoms with E-state index >= 15 is 0 Å². The molecule has 8 heteroatoms. The molecule has 19 heavy (non-hydrogen) atoms. The molecule has 0 heterocycles. The number of halogens is 3. The fourth-order valence-corrected chi connectivity index (χ4v) is 2.43. The lowest BCUT2D eigenvalue weighted by atomic mass is 10.2. The Hall–Kier alpha value is -1.21. The van der Waals surface area contributed by atoms with E-state index in [1.807, 2.05) is 6.92 Å². The SMILES string of the molecule is CCCN(C)C(=O)c1cc(S(=O)(=O)Cl)c(F)cc1F. The number of benzene rings is 1. The Morgan fingerprint density at radius 3 is 2.37 bits per heavy atom. The normalized spacial score (nSPS) is 11.4. The lowest BCUT2D eigenvalue weighted by Gasteiger charge is -2.16. The van der Waals surface area contributed by atoms with Crippen LogP contribution in [0.4, 0.5) is 8.78 Å². The molecule has 1 amide bonds. The number of carbonyl (C=O) groups excluding carboxylic acids is 1. The molecule has 0 aromatic heterocycles. The number of rotatable bonds is 4. The first-order chi connectivity index (χ1) is 8.68.